The Balaban J connectivity index is 2.18. The highest BCUT2D eigenvalue weighted by molar-refractivity contribution is 6.05. The van der Waals surface area contributed by atoms with E-state index in [1.165, 1.54) is 0 Å². The molecule has 21 heavy (non-hydrogen) atoms. The van der Waals surface area contributed by atoms with Gasteiger partial charge in [0.25, 0.3) is 5.91 Å². The first-order valence-corrected chi connectivity index (χ1v) is 6.27. The molecule has 4 N–H and O–H groups in total. The number of anilines is 2. The number of nitrogens with two attached hydrogens (primary N) is 1. The molecule has 0 aliphatic heterocycles. The Kier molecular flexibility index (Phi) is 4.49. The standard InChI is InChI=1S/C15H14F2N2O2/c16-10-7-12(14(17)13(18)8-10)15(21)19-11-3-1-9(2-4-11)5-6-20/h1-4,7-8,20H,5-6,18H2,(H,19,21). The monoisotopic (exact) mass is 292 g/mol. The van der Waals surface area contributed by atoms with Crippen LogP contribution in [0.25, 0.3) is 0 Å². The van der Waals surface area contributed by atoms with Gasteiger partial charge in [0.2, 0.25) is 0 Å². The van der Waals surface area contributed by atoms with Crippen molar-refractivity contribution in [3.63, 3.8) is 0 Å². The molecule has 2 aromatic rings. The topological polar surface area (TPSA) is 75.4 Å². The van der Waals surface area contributed by atoms with E-state index in [1.807, 2.05) is 0 Å². The van der Waals surface area contributed by atoms with E-state index in [-0.39, 0.29) is 6.61 Å². The second-order valence-electron chi connectivity index (χ2n) is 4.48. The molecular formula is C15H14F2N2O2. The molecule has 2 rings (SSSR count). The Hall–Kier alpha value is -2.47. The van der Waals surface area contributed by atoms with Gasteiger partial charge in [-0.1, -0.05) is 12.1 Å². The van der Waals surface area contributed by atoms with Crippen molar-refractivity contribution in [3.8, 4) is 0 Å². The molecule has 0 atom stereocenters. The maximum Gasteiger partial charge on any atom is 0.258 e. The van der Waals surface area contributed by atoms with E-state index in [0.29, 0.717) is 12.1 Å². The average Bonchev–Trinajstić information content (AvgIpc) is 2.45. The van der Waals surface area contributed by atoms with Crippen LogP contribution < -0.4 is 11.1 Å². The van der Waals surface area contributed by atoms with Crippen LogP contribution in [0.5, 0.6) is 0 Å². The number of halogens is 2. The molecule has 0 bridgehead atoms. The molecule has 0 heterocycles. The zero-order chi connectivity index (χ0) is 15.4. The zero-order valence-electron chi connectivity index (χ0n) is 11.1. The van der Waals surface area contributed by atoms with E-state index in [9.17, 15) is 13.6 Å². The summed E-state index contributed by atoms with van der Waals surface area (Å²) in [6.07, 6.45) is 0.503. The van der Waals surface area contributed by atoms with E-state index in [1.54, 1.807) is 24.3 Å². The summed E-state index contributed by atoms with van der Waals surface area (Å²) in [6.45, 7) is 0.0273. The lowest BCUT2D eigenvalue weighted by Gasteiger charge is -2.08. The van der Waals surface area contributed by atoms with Crippen molar-refractivity contribution in [1.29, 1.82) is 0 Å². The van der Waals surface area contributed by atoms with Gasteiger partial charge < -0.3 is 16.2 Å². The van der Waals surface area contributed by atoms with E-state index < -0.39 is 28.8 Å². The van der Waals surface area contributed by atoms with Crippen LogP contribution in [0, 0.1) is 11.6 Å². The van der Waals surface area contributed by atoms with Gasteiger partial charge in [-0.15, -0.1) is 0 Å². The highest BCUT2D eigenvalue weighted by Crippen LogP contribution is 2.19. The Morgan fingerprint density at radius 2 is 1.86 bits per heavy atom. The van der Waals surface area contributed by atoms with Gasteiger partial charge >= 0.3 is 0 Å². The van der Waals surface area contributed by atoms with Gasteiger partial charge in [0.05, 0.1) is 11.3 Å². The van der Waals surface area contributed by atoms with Crippen molar-refractivity contribution >= 4 is 17.3 Å². The second kappa shape index (κ2) is 6.32. The van der Waals surface area contributed by atoms with E-state index in [2.05, 4.69) is 5.32 Å². The van der Waals surface area contributed by atoms with Crippen molar-refractivity contribution in [2.24, 2.45) is 0 Å². The van der Waals surface area contributed by atoms with Gasteiger partial charge in [-0.05, 0) is 36.2 Å². The number of carbonyl (C=O) groups is 1. The molecule has 0 aliphatic rings. The molecule has 1 amide bonds. The summed E-state index contributed by atoms with van der Waals surface area (Å²) in [5.74, 6) is -2.52. The summed E-state index contributed by atoms with van der Waals surface area (Å²) in [6, 6.07) is 8.29. The molecule has 0 fully saturated rings. The molecule has 110 valence electrons. The molecular weight excluding hydrogens is 278 g/mol. The predicted molar refractivity (Wildman–Crippen MR) is 76.0 cm³/mol. The van der Waals surface area contributed by atoms with Crippen molar-refractivity contribution < 1.29 is 18.7 Å². The number of amides is 1. The number of hydrogen-bond donors (Lipinski definition) is 3. The summed E-state index contributed by atoms with van der Waals surface area (Å²) in [5, 5.41) is 11.3. The van der Waals surface area contributed by atoms with Crippen LogP contribution in [0.3, 0.4) is 0 Å². The minimum Gasteiger partial charge on any atom is -0.396 e. The number of hydrogen-bond acceptors (Lipinski definition) is 3. The Labute approximate surface area is 120 Å². The maximum absolute atomic E-state index is 13.7. The zero-order valence-corrected chi connectivity index (χ0v) is 11.1. The number of benzene rings is 2. The molecule has 0 aliphatic carbocycles. The molecule has 0 saturated heterocycles. The molecule has 6 heteroatoms. The normalized spacial score (nSPS) is 10.4. The van der Waals surface area contributed by atoms with Crippen LogP contribution in [0.1, 0.15) is 15.9 Å². The molecule has 2 aromatic carbocycles. The number of aliphatic hydroxyl groups excluding tert-OH is 1. The third-order valence-corrected chi connectivity index (χ3v) is 2.92. The van der Waals surface area contributed by atoms with Crippen LogP contribution in [0.4, 0.5) is 20.2 Å². The summed E-state index contributed by atoms with van der Waals surface area (Å²) in [4.78, 5) is 11.9. The van der Waals surface area contributed by atoms with Gasteiger partial charge in [0, 0.05) is 12.3 Å². The van der Waals surface area contributed by atoms with Gasteiger partial charge in [0.1, 0.15) is 5.82 Å². The van der Waals surface area contributed by atoms with E-state index in [0.717, 1.165) is 17.7 Å². The highest BCUT2D eigenvalue weighted by atomic mass is 19.1. The number of nitrogen functional groups attached to an aromatic ring is 1. The van der Waals surface area contributed by atoms with Gasteiger partial charge in [-0.3, -0.25) is 4.79 Å². The van der Waals surface area contributed by atoms with Crippen LogP contribution in [-0.4, -0.2) is 17.6 Å². The fourth-order valence-electron chi connectivity index (χ4n) is 1.86. The third-order valence-electron chi connectivity index (χ3n) is 2.92. The van der Waals surface area contributed by atoms with Gasteiger partial charge in [-0.25, -0.2) is 8.78 Å². The molecule has 4 nitrogen and oxygen atoms in total. The fourth-order valence-corrected chi connectivity index (χ4v) is 1.86. The second-order valence-corrected chi connectivity index (χ2v) is 4.48. The maximum atomic E-state index is 13.7. The van der Waals surface area contributed by atoms with Gasteiger partial charge in [-0.2, -0.15) is 0 Å². The third kappa shape index (κ3) is 3.55. The van der Waals surface area contributed by atoms with Gasteiger partial charge in [0.15, 0.2) is 5.82 Å². The summed E-state index contributed by atoms with van der Waals surface area (Å²) in [7, 11) is 0. The SMILES string of the molecule is Nc1cc(F)cc(C(=O)Nc2ccc(CCO)cc2)c1F. The smallest absolute Gasteiger partial charge is 0.258 e. The molecule has 0 saturated carbocycles. The lowest BCUT2D eigenvalue weighted by molar-refractivity contribution is 0.102. The lowest BCUT2D eigenvalue weighted by atomic mass is 10.1. The average molecular weight is 292 g/mol. The Morgan fingerprint density at radius 3 is 2.48 bits per heavy atom. The summed E-state index contributed by atoms with van der Waals surface area (Å²) < 4.78 is 26.9. The fraction of sp³-hybridized carbons (Fsp3) is 0.133. The minimum absolute atomic E-state index is 0.0273. The van der Waals surface area contributed by atoms with E-state index in [4.69, 9.17) is 10.8 Å². The summed E-state index contributed by atoms with van der Waals surface area (Å²) in [5.41, 5.74) is 5.75. The van der Waals surface area contributed by atoms with Crippen LogP contribution in [-0.2, 0) is 6.42 Å². The number of rotatable bonds is 4. The predicted octanol–water partition coefficient (Wildman–Crippen LogP) is 2.33. The largest absolute Gasteiger partial charge is 0.396 e. The van der Waals surface area contributed by atoms with Crippen molar-refractivity contribution in [2.75, 3.05) is 17.7 Å². The first kappa shape index (κ1) is 14.9. The molecule has 0 radical (unpaired) electrons. The Bertz CT molecular complexity index is 657. The van der Waals surface area contributed by atoms with Crippen LogP contribution in [0.15, 0.2) is 36.4 Å². The quantitative estimate of drug-likeness (QED) is 0.757. The lowest BCUT2D eigenvalue weighted by Crippen LogP contribution is -2.15. The first-order chi connectivity index (χ1) is 10.0. The number of carbonyl (C=O) groups excluding carboxylic acids is 1. The first-order valence-electron chi connectivity index (χ1n) is 6.27. The summed E-state index contributed by atoms with van der Waals surface area (Å²) >= 11 is 0. The van der Waals surface area contributed by atoms with E-state index >= 15 is 0 Å². The number of aliphatic hydroxyl groups is 1. The van der Waals surface area contributed by atoms with Crippen molar-refractivity contribution in [3.05, 3.63) is 59.2 Å². The minimum atomic E-state index is -0.953. The van der Waals surface area contributed by atoms with Crippen molar-refractivity contribution in [1.82, 2.24) is 0 Å². The highest BCUT2D eigenvalue weighted by Gasteiger charge is 2.16. The number of nitrogens with one attached hydrogen (secondary N) is 1. The Morgan fingerprint density at radius 1 is 1.19 bits per heavy atom. The molecule has 0 aromatic heterocycles. The van der Waals surface area contributed by atoms with Crippen LogP contribution >= 0.6 is 0 Å². The van der Waals surface area contributed by atoms with Crippen molar-refractivity contribution in [2.45, 2.75) is 6.42 Å². The molecule has 0 spiro atoms. The van der Waals surface area contributed by atoms with Crippen LogP contribution in [0.2, 0.25) is 0 Å². The molecule has 0 unspecified atom stereocenters.